The highest BCUT2D eigenvalue weighted by Crippen LogP contribution is 2.41. The number of hydrogen-bond acceptors (Lipinski definition) is 56. The third-order valence-electron chi connectivity index (χ3n) is 23.2. The molecule has 35 N–H and O–H groups in total. The van der Waals surface area contributed by atoms with Crippen LogP contribution in [-0.4, -0.2) is 596 Å². The molecule has 0 aromatic carbocycles. The number of rotatable bonds is 30. The van der Waals surface area contributed by atoms with Crippen LogP contribution in [0.1, 0.15) is 6.92 Å². The molecular weight excluding hydrogens is 1710 g/mol. The maximum absolute atomic E-state index is 11.7. The molecule has 11 fully saturated rings. The maximum atomic E-state index is 11.7. The molecule has 11 saturated heterocycles. The number of ether oxygens (including phenoxy) is 21. The molecule has 22 unspecified atom stereocenters. The summed E-state index contributed by atoms with van der Waals surface area (Å²) in [6.45, 7) is -8.38. The van der Waals surface area contributed by atoms with Gasteiger partial charge in [0.25, 0.3) is 0 Å². The standard InChI is InChI=1S/C43H74O35.C25H44O21/c1-9-17(50)33(24(57)16(67-9)8-66-38-27(60)25(58)18(51)10(2-44)68-38)74-40-30(63)35(21(54)13(5-47)70-40)76-42-32(65)37(23(56)15(7-49)72-42)78-43-31(64)36(22(55)14(6-48)73-43)77-41-29(62)34(20(53)12(4-46)71-41)75-39-28(61)26(59)19(52)11(3-45)69-39;1-39-18-10(30)7(3-27)41-23(15(18)35)45-20-12(32)9(5-29)43-25(17(20)37)46-21-13(33)8(4-28)42-24(16(21)36)44-19-11(31)6(2-26)40-22(38)14(19)34/h9-65H,2-8H2,1H3;6-38H,2-5H2,1H3/t9-,10?,11?,12?,13?,14?,15?,16?,17?,18+,19+,20+,21+,22+,23+,24+,25-,26-,27?,28?,29?,30?,31?,32?,33+,34-,35-,36-,37-,38+,39-,40-,41-,42-,43-;6?,7?,8?,9?,10-,11-,12-,13-,14?,15?,16?,17?,18+,19+,20+,21+,22-,23+,24+,25+/m01/s1. The van der Waals surface area contributed by atoms with E-state index in [0.717, 1.165) is 7.11 Å². The summed E-state index contributed by atoms with van der Waals surface area (Å²) < 4.78 is 116. The Kier molecular flexibility index (Phi) is 38.2. The molecule has 56 heteroatoms. The smallest absolute Gasteiger partial charge is 0.187 e. The fourth-order valence-electron chi connectivity index (χ4n) is 15.9. The van der Waals surface area contributed by atoms with Crippen molar-refractivity contribution in [3.63, 3.8) is 0 Å². The molecule has 0 aromatic heterocycles. The minimum Gasteiger partial charge on any atom is -0.394 e. The first-order chi connectivity index (χ1) is 58.8. The van der Waals surface area contributed by atoms with E-state index in [4.69, 9.17) is 99.5 Å². The monoisotopic (exact) mass is 1830 g/mol. The van der Waals surface area contributed by atoms with Crippen LogP contribution in [0.4, 0.5) is 0 Å². The van der Waals surface area contributed by atoms with Gasteiger partial charge >= 0.3 is 0 Å². The summed E-state index contributed by atoms with van der Waals surface area (Å²) in [7, 11) is 1.16. The molecule has 0 bridgehead atoms. The van der Waals surface area contributed by atoms with Crippen molar-refractivity contribution in [2.45, 2.75) is 345 Å². The summed E-state index contributed by atoms with van der Waals surface area (Å²) in [6.07, 6.45) is -101. The first-order valence-electron chi connectivity index (χ1n) is 39.5. The molecule has 0 aromatic rings. The SMILES string of the molecule is CO[C@@H]1C(O)[C@H](O[C@@H]2C(O)[C@H](O[C@@H]3C(O)[C@H](O[C@@H]4C(O)[C@H](O)OC(CO)[C@H]4O)OC(CO)[C@H]3O)OC(CO)[C@H]2O)OC(CO)[C@H]1O.C[C@@H]1OC(CO[C@@H]2OC(CO)[C@@H](O)[C@H](O)C2O)[C@@H](O)[C@H](O[C@@H]2OC(CO)[C@@H](O)[C@H](O[C@@H]3OC(CO)[C@@H](O)[C@H](O[C@@H]4OC(CO)[C@@H](O)[C@H](O[C@@H]5OC(CO)[C@@H](O)[C@H](O[C@@H]6OC(CO)[C@@H](O)[C@H](O)C6O)C5O)C4O)C3O)C2O)C1O. The van der Waals surface area contributed by atoms with Crippen LogP contribution in [0, 0.1) is 0 Å². The summed E-state index contributed by atoms with van der Waals surface area (Å²) in [5, 5.41) is 369. The van der Waals surface area contributed by atoms with Gasteiger partial charge in [-0.1, -0.05) is 0 Å². The predicted molar refractivity (Wildman–Crippen MR) is 374 cm³/mol. The van der Waals surface area contributed by atoms with Crippen LogP contribution in [-0.2, 0) is 99.5 Å². The van der Waals surface area contributed by atoms with E-state index in [9.17, 15) is 179 Å². The Labute approximate surface area is 700 Å². The Morgan fingerprint density at radius 3 is 0.613 bits per heavy atom. The highest BCUT2D eigenvalue weighted by molar-refractivity contribution is 5.04. The lowest BCUT2D eigenvalue weighted by Gasteiger charge is -2.50. The fourth-order valence-corrected chi connectivity index (χ4v) is 15.9. The fraction of sp³-hybridized carbons (Fsp3) is 1.00. The van der Waals surface area contributed by atoms with E-state index in [1.54, 1.807) is 0 Å². The number of aliphatic hydroxyl groups excluding tert-OH is 35. The van der Waals surface area contributed by atoms with Crippen LogP contribution in [0.15, 0.2) is 0 Å². The van der Waals surface area contributed by atoms with Crippen molar-refractivity contribution >= 4 is 0 Å². The molecule has 0 radical (unpaired) electrons. The molecule has 56 nitrogen and oxygen atoms in total. The number of hydrogen-bond donors (Lipinski definition) is 35. The van der Waals surface area contributed by atoms with E-state index < -0.39 is 410 Å². The van der Waals surface area contributed by atoms with Gasteiger partial charge in [0.2, 0.25) is 0 Å². The molecule has 124 heavy (non-hydrogen) atoms. The van der Waals surface area contributed by atoms with Crippen molar-refractivity contribution in [2.24, 2.45) is 0 Å². The van der Waals surface area contributed by atoms with E-state index in [1.807, 2.05) is 0 Å². The van der Waals surface area contributed by atoms with Crippen molar-refractivity contribution in [3.05, 3.63) is 0 Å². The van der Waals surface area contributed by atoms with Crippen LogP contribution in [0.2, 0.25) is 0 Å². The maximum Gasteiger partial charge on any atom is 0.187 e. The van der Waals surface area contributed by atoms with Gasteiger partial charge < -0.3 is 278 Å². The second-order valence-electron chi connectivity index (χ2n) is 31.3. The number of aliphatic hydroxyl groups is 35. The Morgan fingerprint density at radius 1 is 0.177 bits per heavy atom. The molecule has 0 amide bonds. The topological polar surface area (TPSA) is 902 Å². The normalized spacial score (nSPS) is 53.0. The van der Waals surface area contributed by atoms with Crippen LogP contribution >= 0.6 is 0 Å². The van der Waals surface area contributed by atoms with Gasteiger partial charge in [-0.05, 0) is 6.92 Å². The van der Waals surface area contributed by atoms with Crippen molar-refractivity contribution in [2.75, 3.05) is 79.8 Å². The first-order valence-corrected chi connectivity index (χ1v) is 39.5. The summed E-state index contributed by atoms with van der Waals surface area (Å²) in [6, 6.07) is 0. The molecule has 11 heterocycles. The van der Waals surface area contributed by atoms with Crippen LogP contribution in [0.3, 0.4) is 0 Å². The Balaban J connectivity index is 0.000000297. The third-order valence-corrected chi connectivity index (χ3v) is 23.2. The summed E-state index contributed by atoms with van der Waals surface area (Å²) in [4.78, 5) is 0. The highest BCUT2D eigenvalue weighted by Gasteiger charge is 2.62. The highest BCUT2D eigenvalue weighted by atomic mass is 16.8. The van der Waals surface area contributed by atoms with Crippen LogP contribution in [0.5, 0.6) is 0 Å². The van der Waals surface area contributed by atoms with Crippen molar-refractivity contribution in [3.8, 4) is 0 Å². The molecule has 0 spiro atoms. The summed E-state index contributed by atoms with van der Waals surface area (Å²) >= 11 is 0. The van der Waals surface area contributed by atoms with E-state index in [-0.39, 0.29) is 0 Å². The largest absolute Gasteiger partial charge is 0.394 e. The molecule has 11 rings (SSSR count). The zero-order valence-electron chi connectivity index (χ0n) is 65.8. The molecule has 11 aliphatic heterocycles. The van der Waals surface area contributed by atoms with Gasteiger partial charge in [-0.2, -0.15) is 0 Å². The van der Waals surface area contributed by atoms with Gasteiger partial charge in [0, 0.05) is 7.11 Å². The van der Waals surface area contributed by atoms with Gasteiger partial charge in [-0.15, -0.1) is 0 Å². The molecular formula is C68H118O56. The van der Waals surface area contributed by atoms with E-state index in [2.05, 4.69) is 0 Å². The zero-order chi connectivity index (χ0) is 91.4. The van der Waals surface area contributed by atoms with Gasteiger partial charge in [0.1, 0.15) is 269 Å². The predicted octanol–water partition coefficient (Wildman–Crippen LogP) is -24.3. The first kappa shape index (κ1) is 104. The van der Waals surface area contributed by atoms with Crippen LogP contribution in [0.25, 0.3) is 0 Å². The summed E-state index contributed by atoms with van der Waals surface area (Å²) in [5.74, 6) is 0. The van der Waals surface area contributed by atoms with Gasteiger partial charge in [-0.25, -0.2) is 0 Å². The minimum absolute atomic E-state index is 0.643. The molecule has 11 aliphatic rings. The quantitative estimate of drug-likeness (QED) is 0.0318. The molecule has 55 atom stereocenters. The van der Waals surface area contributed by atoms with Gasteiger partial charge in [-0.3, -0.25) is 0 Å². The molecule has 726 valence electrons. The lowest BCUT2D eigenvalue weighted by molar-refractivity contribution is -0.397. The van der Waals surface area contributed by atoms with E-state index in [0.29, 0.717) is 0 Å². The second kappa shape index (κ2) is 45.7. The van der Waals surface area contributed by atoms with Gasteiger partial charge in [0.15, 0.2) is 62.9 Å². The molecule has 0 aliphatic carbocycles. The van der Waals surface area contributed by atoms with Gasteiger partial charge in [0.05, 0.1) is 78.8 Å². The van der Waals surface area contributed by atoms with Crippen molar-refractivity contribution < 1.29 is 278 Å². The second-order valence-corrected chi connectivity index (χ2v) is 31.3. The average molecular weight is 1830 g/mol. The number of methoxy groups -OCH3 is 1. The van der Waals surface area contributed by atoms with E-state index in [1.165, 1.54) is 6.92 Å². The lowest BCUT2D eigenvalue weighted by Crippen LogP contribution is -2.68. The molecule has 0 saturated carbocycles. The summed E-state index contributed by atoms with van der Waals surface area (Å²) in [5.41, 5.74) is 0. The van der Waals surface area contributed by atoms with Crippen molar-refractivity contribution in [1.29, 1.82) is 0 Å². The zero-order valence-corrected chi connectivity index (χ0v) is 65.8. The lowest BCUT2D eigenvalue weighted by atomic mass is 9.94. The van der Waals surface area contributed by atoms with Crippen LogP contribution < -0.4 is 0 Å². The minimum atomic E-state index is -2.29. The van der Waals surface area contributed by atoms with Crippen molar-refractivity contribution in [1.82, 2.24) is 0 Å². The third kappa shape index (κ3) is 22.1. The Morgan fingerprint density at radius 2 is 0.363 bits per heavy atom. The Bertz CT molecular complexity index is 3120. The Hall–Kier alpha value is -2.24. The van der Waals surface area contributed by atoms with E-state index >= 15 is 0 Å². The average Bonchev–Trinajstić information content (AvgIpc) is 0.767.